The molecule has 194 valence electrons. The van der Waals surface area contributed by atoms with E-state index in [1.165, 1.54) is 14.8 Å². The number of aromatic nitrogens is 3. The molecule has 0 bridgehead atoms. The Hall–Kier alpha value is -4.17. The van der Waals surface area contributed by atoms with Gasteiger partial charge in [-0.1, -0.05) is 85.3 Å². The summed E-state index contributed by atoms with van der Waals surface area (Å²) >= 11 is 6.05. The monoisotopic (exact) mass is 528 g/mol. The van der Waals surface area contributed by atoms with Crippen molar-refractivity contribution in [2.24, 2.45) is 10.8 Å². The van der Waals surface area contributed by atoms with Gasteiger partial charge in [0.05, 0.1) is 18.3 Å². The second kappa shape index (κ2) is 10.7. The summed E-state index contributed by atoms with van der Waals surface area (Å²) in [6, 6.07) is 25.3. The Morgan fingerprint density at radius 2 is 1.74 bits per heavy atom. The number of rotatable bonds is 8. The number of carbonyl (C=O) groups is 1. The van der Waals surface area contributed by atoms with E-state index >= 15 is 0 Å². The standard InChI is InChI=1S/C29H29ClN6O2/c1-3-20-9-11-23(12-10-20)27-25(22-7-5-4-6-8-22)17-35(32-27)28-33-36(29(38)34(28)18-26(31)37)19(2)21-13-15-24(30)16-14-21/h4-16,19,25H,3,17-18H2,1-2H3,(H2,31,37)/t19-,25-/m0/s1. The largest absolute Gasteiger partial charge is 0.368 e. The average Bonchev–Trinajstić information content (AvgIpc) is 3.51. The SMILES string of the molecule is CCc1ccc(C2=NN(c3nn([C@@H](C)c4ccc(Cl)cc4)c(=O)n3CC(N)=O)C[C@H]2c2ccccc2)cc1. The minimum Gasteiger partial charge on any atom is -0.368 e. The van der Waals surface area contributed by atoms with Crippen LogP contribution in [0.1, 0.15) is 48.1 Å². The molecular weight excluding hydrogens is 500 g/mol. The highest BCUT2D eigenvalue weighted by Gasteiger charge is 2.33. The van der Waals surface area contributed by atoms with E-state index in [1.54, 1.807) is 17.1 Å². The molecule has 38 heavy (non-hydrogen) atoms. The fourth-order valence-corrected chi connectivity index (χ4v) is 4.89. The Labute approximate surface area is 226 Å². The first-order valence-electron chi connectivity index (χ1n) is 12.6. The molecule has 0 radical (unpaired) electrons. The van der Waals surface area contributed by atoms with Gasteiger partial charge in [0.25, 0.3) is 0 Å². The van der Waals surface area contributed by atoms with E-state index in [4.69, 9.17) is 22.4 Å². The fraction of sp³-hybridized carbons (Fsp3) is 0.241. The van der Waals surface area contributed by atoms with Crippen LogP contribution < -0.4 is 16.4 Å². The van der Waals surface area contributed by atoms with Crippen LogP contribution in [0, 0.1) is 0 Å². The molecule has 5 rings (SSSR count). The lowest BCUT2D eigenvalue weighted by atomic mass is 9.90. The molecular formula is C29H29ClN6O2. The van der Waals surface area contributed by atoms with Gasteiger partial charge in [-0.3, -0.25) is 9.36 Å². The van der Waals surface area contributed by atoms with E-state index in [1.807, 2.05) is 37.3 Å². The molecule has 0 fully saturated rings. The molecule has 3 aromatic carbocycles. The molecule has 2 atom stereocenters. The van der Waals surface area contributed by atoms with Crippen molar-refractivity contribution in [1.29, 1.82) is 0 Å². The van der Waals surface area contributed by atoms with Gasteiger partial charge in [0.2, 0.25) is 11.9 Å². The molecule has 8 nitrogen and oxygen atoms in total. The van der Waals surface area contributed by atoms with Gasteiger partial charge in [-0.05, 0) is 47.7 Å². The van der Waals surface area contributed by atoms with E-state index in [-0.39, 0.29) is 18.4 Å². The summed E-state index contributed by atoms with van der Waals surface area (Å²) in [5, 5.41) is 11.9. The number of hydrazone groups is 1. The zero-order valence-corrected chi connectivity index (χ0v) is 22.0. The van der Waals surface area contributed by atoms with Crippen LogP contribution in [0.3, 0.4) is 0 Å². The second-order valence-corrected chi connectivity index (χ2v) is 9.82. The fourth-order valence-electron chi connectivity index (χ4n) is 4.77. The minimum atomic E-state index is -0.634. The molecule has 0 aliphatic carbocycles. The van der Waals surface area contributed by atoms with Gasteiger partial charge in [-0.25, -0.2) is 14.5 Å². The number of hydrogen-bond acceptors (Lipinski definition) is 5. The van der Waals surface area contributed by atoms with Crippen LogP contribution in [-0.4, -0.2) is 32.5 Å². The predicted octanol–water partition coefficient (Wildman–Crippen LogP) is 4.36. The number of primary amides is 1. The maximum Gasteiger partial charge on any atom is 0.348 e. The summed E-state index contributed by atoms with van der Waals surface area (Å²) < 4.78 is 2.66. The Morgan fingerprint density at radius 3 is 2.37 bits per heavy atom. The van der Waals surface area contributed by atoms with Crippen molar-refractivity contribution in [2.45, 2.75) is 38.8 Å². The highest BCUT2D eigenvalue weighted by molar-refractivity contribution is 6.30. The Morgan fingerprint density at radius 1 is 1.05 bits per heavy atom. The Balaban J connectivity index is 1.60. The van der Waals surface area contributed by atoms with Crippen LogP contribution in [0.2, 0.25) is 5.02 Å². The number of nitrogens with two attached hydrogens (primary N) is 1. The topological polar surface area (TPSA) is 98.5 Å². The molecule has 1 aliphatic rings. The van der Waals surface area contributed by atoms with Gasteiger partial charge in [0, 0.05) is 10.9 Å². The second-order valence-electron chi connectivity index (χ2n) is 9.39. The average molecular weight is 529 g/mol. The van der Waals surface area contributed by atoms with Gasteiger partial charge in [-0.2, -0.15) is 5.10 Å². The lowest BCUT2D eigenvalue weighted by Gasteiger charge is -2.16. The number of anilines is 1. The van der Waals surface area contributed by atoms with Crippen molar-refractivity contribution in [1.82, 2.24) is 14.3 Å². The lowest BCUT2D eigenvalue weighted by molar-refractivity contribution is -0.118. The van der Waals surface area contributed by atoms with Gasteiger partial charge in [-0.15, -0.1) is 5.10 Å². The minimum absolute atomic E-state index is 0.0559. The van der Waals surface area contributed by atoms with Crippen molar-refractivity contribution in [3.63, 3.8) is 0 Å². The van der Waals surface area contributed by atoms with Crippen molar-refractivity contribution < 1.29 is 4.79 Å². The molecule has 1 aliphatic heterocycles. The molecule has 0 saturated heterocycles. The van der Waals surface area contributed by atoms with Crippen LogP contribution in [-0.2, 0) is 17.8 Å². The number of nitrogens with zero attached hydrogens (tertiary/aromatic N) is 5. The maximum atomic E-state index is 13.5. The molecule has 0 saturated carbocycles. The first-order chi connectivity index (χ1) is 18.4. The summed E-state index contributed by atoms with van der Waals surface area (Å²) in [7, 11) is 0. The number of benzene rings is 3. The van der Waals surface area contributed by atoms with Crippen LogP contribution in [0.5, 0.6) is 0 Å². The van der Waals surface area contributed by atoms with Gasteiger partial charge >= 0.3 is 5.69 Å². The molecule has 4 aromatic rings. The van der Waals surface area contributed by atoms with Crippen LogP contribution in [0.4, 0.5) is 5.95 Å². The van der Waals surface area contributed by atoms with Crippen molar-refractivity contribution in [3.05, 3.63) is 117 Å². The molecule has 0 spiro atoms. The molecule has 1 amide bonds. The Bertz CT molecular complexity index is 1520. The number of halogens is 1. The summed E-state index contributed by atoms with van der Waals surface area (Å²) in [4.78, 5) is 25.5. The van der Waals surface area contributed by atoms with Gasteiger partial charge in [0.15, 0.2) is 0 Å². The summed E-state index contributed by atoms with van der Waals surface area (Å²) in [6.07, 6.45) is 0.948. The van der Waals surface area contributed by atoms with Crippen LogP contribution >= 0.6 is 11.6 Å². The zero-order chi connectivity index (χ0) is 26.8. The van der Waals surface area contributed by atoms with Crippen LogP contribution in [0.25, 0.3) is 0 Å². The molecule has 1 aromatic heterocycles. The van der Waals surface area contributed by atoms with Crippen molar-refractivity contribution in [3.8, 4) is 0 Å². The number of aryl methyl sites for hydroxylation is 1. The molecule has 2 heterocycles. The van der Waals surface area contributed by atoms with E-state index in [9.17, 15) is 9.59 Å². The third kappa shape index (κ3) is 4.99. The normalized spacial score (nSPS) is 15.9. The molecule has 2 N–H and O–H groups in total. The quantitative estimate of drug-likeness (QED) is 0.367. The lowest BCUT2D eigenvalue weighted by Crippen LogP contribution is -2.33. The Kier molecular flexibility index (Phi) is 7.15. The molecule has 0 unspecified atom stereocenters. The van der Waals surface area contributed by atoms with Gasteiger partial charge in [0.1, 0.15) is 6.54 Å². The smallest absolute Gasteiger partial charge is 0.348 e. The van der Waals surface area contributed by atoms with Gasteiger partial charge < -0.3 is 5.73 Å². The third-order valence-corrected chi connectivity index (χ3v) is 7.16. The van der Waals surface area contributed by atoms with Crippen molar-refractivity contribution in [2.75, 3.05) is 11.6 Å². The predicted molar refractivity (Wildman–Crippen MR) is 150 cm³/mol. The van der Waals surface area contributed by atoms with E-state index in [0.29, 0.717) is 11.6 Å². The first kappa shape index (κ1) is 25.5. The number of carbonyl (C=O) groups excluding carboxylic acids is 1. The van der Waals surface area contributed by atoms with E-state index < -0.39 is 17.6 Å². The highest BCUT2D eigenvalue weighted by Crippen LogP contribution is 2.31. The van der Waals surface area contributed by atoms with Crippen molar-refractivity contribution >= 4 is 29.2 Å². The third-order valence-electron chi connectivity index (χ3n) is 6.90. The van der Waals surface area contributed by atoms with E-state index in [0.717, 1.165) is 28.8 Å². The maximum absolute atomic E-state index is 13.5. The highest BCUT2D eigenvalue weighted by atomic mass is 35.5. The summed E-state index contributed by atoms with van der Waals surface area (Å²) in [5.41, 5.74) is 10.2. The molecule has 9 heteroatoms. The number of hydrogen-bond donors (Lipinski definition) is 1. The van der Waals surface area contributed by atoms with E-state index in [2.05, 4.69) is 48.4 Å². The van der Waals surface area contributed by atoms with Crippen LogP contribution in [0.15, 0.2) is 88.8 Å². The summed E-state index contributed by atoms with van der Waals surface area (Å²) in [6.45, 7) is 4.15. The zero-order valence-electron chi connectivity index (χ0n) is 21.3. The first-order valence-corrected chi connectivity index (χ1v) is 13.0. The summed E-state index contributed by atoms with van der Waals surface area (Å²) in [5.74, 6) is -0.416. The number of amides is 1.